The molecule has 0 amide bonds. The summed E-state index contributed by atoms with van der Waals surface area (Å²) in [4.78, 5) is 6.34. The van der Waals surface area contributed by atoms with E-state index in [1.54, 1.807) is 12.1 Å². The van der Waals surface area contributed by atoms with Crippen LogP contribution < -0.4 is 4.90 Å². The molecule has 38 heavy (non-hydrogen) atoms. The standard InChI is InChI=1S/C30H34F3N5/c1-5-37(16-15-36(3)4)21(2)38(26-12-8-11-23(17-26)22-9-6-7-10-22)20-25-14-13-24(18-27(25)31)28-19-29(30(32)33)35-34-28/h6,8-14,17-18,30H,2,5,7,15-16,19-20H2,1,3-4H3. The highest BCUT2D eigenvalue weighted by Crippen LogP contribution is 2.30. The van der Waals surface area contributed by atoms with Crippen molar-refractivity contribution in [1.82, 2.24) is 9.80 Å². The maximum atomic E-state index is 15.4. The van der Waals surface area contributed by atoms with Gasteiger partial charge in [-0.15, -0.1) is 0 Å². The molecule has 5 nitrogen and oxygen atoms in total. The lowest BCUT2D eigenvalue weighted by Gasteiger charge is -2.36. The molecule has 4 rings (SSSR count). The van der Waals surface area contributed by atoms with Gasteiger partial charge in [-0.05, 0) is 56.8 Å². The minimum atomic E-state index is -2.67. The number of likely N-dealkylation sites (N-methyl/N-ethyl adjacent to an activating group) is 2. The lowest BCUT2D eigenvalue weighted by molar-refractivity contribution is 0.224. The molecule has 0 radical (unpaired) electrons. The van der Waals surface area contributed by atoms with Crippen LogP contribution in [0.3, 0.4) is 0 Å². The van der Waals surface area contributed by atoms with E-state index in [2.05, 4.69) is 63.9 Å². The molecule has 1 aliphatic heterocycles. The number of hydrogen-bond donors (Lipinski definition) is 0. The normalized spacial score (nSPS) is 14.7. The van der Waals surface area contributed by atoms with E-state index in [0.29, 0.717) is 16.8 Å². The Labute approximate surface area is 223 Å². The zero-order valence-corrected chi connectivity index (χ0v) is 22.2. The van der Waals surface area contributed by atoms with Crippen molar-refractivity contribution in [2.24, 2.45) is 10.2 Å². The number of rotatable bonds is 12. The van der Waals surface area contributed by atoms with Crippen molar-refractivity contribution >= 4 is 22.7 Å². The van der Waals surface area contributed by atoms with Crippen LogP contribution in [-0.4, -0.2) is 61.4 Å². The fraction of sp³-hybridized carbons (Fsp3) is 0.333. The van der Waals surface area contributed by atoms with Crippen molar-refractivity contribution in [3.63, 3.8) is 0 Å². The number of nitrogens with zero attached hydrogens (tertiary/aromatic N) is 5. The van der Waals surface area contributed by atoms with Gasteiger partial charge in [0.15, 0.2) is 0 Å². The van der Waals surface area contributed by atoms with Gasteiger partial charge in [0.25, 0.3) is 6.43 Å². The van der Waals surface area contributed by atoms with Gasteiger partial charge in [0.2, 0.25) is 0 Å². The predicted molar refractivity (Wildman–Crippen MR) is 150 cm³/mol. The second kappa shape index (κ2) is 12.3. The van der Waals surface area contributed by atoms with Crippen molar-refractivity contribution < 1.29 is 13.2 Å². The van der Waals surface area contributed by atoms with Gasteiger partial charge >= 0.3 is 0 Å². The number of allylic oxidation sites excluding steroid dienone is 4. The summed E-state index contributed by atoms with van der Waals surface area (Å²) in [5, 5.41) is 7.39. The van der Waals surface area contributed by atoms with E-state index in [0.717, 1.165) is 48.7 Å². The summed E-state index contributed by atoms with van der Waals surface area (Å²) in [6, 6.07) is 13.0. The first kappa shape index (κ1) is 27.4. The summed E-state index contributed by atoms with van der Waals surface area (Å²) < 4.78 is 41.4. The molecule has 2 aromatic rings. The molecule has 0 atom stereocenters. The van der Waals surface area contributed by atoms with E-state index in [4.69, 9.17) is 0 Å². The predicted octanol–water partition coefficient (Wildman–Crippen LogP) is 6.34. The van der Waals surface area contributed by atoms with Crippen molar-refractivity contribution in [3.8, 4) is 0 Å². The summed E-state index contributed by atoms with van der Waals surface area (Å²) in [6.07, 6.45) is 4.59. The van der Waals surface area contributed by atoms with Gasteiger partial charge in [-0.25, -0.2) is 13.2 Å². The molecule has 1 heterocycles. The van der Waals surface area contributed by atoms with Crippen molar-refractivity contribution in [2.75, 3.05) is 38.6 Å². The van der Waals surface area contributed by atoms with E-state index < -0.39 is 12.2 Å². The SMILES string of the molecule is C=C(N(CC)CCN(C)C)N(Cc1ccc(C2=NN=C(C(F)F)C2)cc1F)c1cccc(C2=CCC=C2)c1. The smallest absolute Gasteiger partial charge is 0.278 e. The van der Waals surface area contributed by atoms with E-state index in [1.807, 2.05) is 31.1 Å². The maximum absolute atomic E-state index is 15.4. The Balaban J connectivity index is 1.63. The van der Waals surface area contributed by atoms with Crippen molar-refractivity contribution in [2.45, 2.75) is 32.7 Å². The van der Waals surface area contributed by atoms with E-state index in [1.165, 1.54) is 6.07 Å². The van der Waals surface area contributed by atoms with Gasteiger partial charge in [0.1, 0.15) is 17.3 Å². The third-order valence-electron chi connectivity index (χ3n) is 6.75. The molecule has 2 aromatic carbocycles. The first-order chi connectivity index (χ1) is 18.3. The van der Waals surface area contributed by atoms with Gasteiger partial charge in [-0.1, -0.05) is 49.1 Å². The topological polar surface area (TPSA) is 34.4 Å². The van der Waals surface area contributed by atoms with Crippen LogP contribution in [0.25, 0.3) is 5.57 Å². The molecular formula is C30H34F3N5. The first-order valence-electron chi connectivity index (χ1n) is 12.8. The Hall–Kier alpha value is -3.65. The highest BCUT2D eigenvalue weighted by atomic mass is 19.3. The van der Waals surface area contributed by atoms with E-state index in [9.17, 15) is 8.78 Å². The van der Waals surface area contributed by atoms with E-state index >= 15 is 4.39 Å². The van der Waals surface area contributed by atoms with Gasteiger partial charge in [0.05, 0.1) is 12.3 Å². The van der Waals surface area contributed by atoms with Crippen LogP contribution in [-0.2, 0) is 6.54 Å². The largest absolute Gasteiger partial charge is 0.357 e. The highest BCUT2D eigenvalue weighted by Gasteiger charge is 2.23. The minimum Gasteiger partial charge on any atom is -0.357 e. The minimum absolute atomic E-state index is 0.0756. The van der Waals surface area contributed by atoms with Crippen LogP contribution in [0.1, 0.15) is 36.5 Å². The number of hydrogen-bond acceptors (Lipinski definition) is 5. The fourth-order valence-corrected chi connectivity index (χ4v) is 4.49. The molecule has 2 aliphatic rings. The fourth-order valence-electron chi connectivity index (χ4n) is 4.49. The number of anilines is 1. The average molecular weight is 522 g/mol. The van der Waals surface area contributed by atoms with Crippen LogP contribution in [0, 0.1) is 5.82 Å². The lowest BCUT2D eigenvalue weighted by atomic mass is 10.0. The molecule has 8 heteroatoms. The molecule has 0 aromatic heterocycles. The highest BCUT2D eigenvalue weighted by molar-refractivity contribution is 6.15. The van der Waals surface area contributed by atoms with Crippen LogP contribution in [0.2, 0.25) is 0 Å². The van der Waals surface area contributed by atoms with Crippen LogP contribution in [0.5, 0.6) is 0 Å². The Morgan fingerprint density at radius 3 is 2.50 bits per heavy atom. The summed E-state index contributed by atoms with van der Waals surface area (Å²) in [5.74, 6) is 0.350. The number of benzene rings is 2. The third-order valence-corrected chi connectivity index (χ3v) is 6.75. The lowest BCUT2D eigenvalue weighted by Crippen LogP contribution is -2.38. The summed E-state index contributed by atoms with van der Waals surface area (Å²) >= 11 is 0. The Bertz CT molecular complexity index is 1290. The molecular weight excluding hydrogens is 487 g/mol. The van der Waals surface area contributed by atoms with Crippen LogP contribution in [0.4, 0.5) is 18.9 Å². The number of halogens is 3. The molecule has 1 aliphatic carbocycles. The maximum Gasteiger partial charge on any atom is 0.278 e. The third kappa shape index (κ3) is 6.42. The van der Waals surface area contributed by atoms with Gasteiger partial charge < -0.3 is 14.7 Å². The molecule has 200 valence electrons. The molecule has 0 spiro atoms. The van der Waals surface area contributed by atoms with Crippen molar-refractivity contribution in [1.29, 1.82) is 0 Å². The molecule has 0 fully saturated rings. The van der Waals surface area contributed by atoms with Gasteiger partial charge in [0, 0.05) is 42.9 Å². The Kier molecular flexibility index (Phi) is 8.84. The monoisotopic (exact) mass is 521 g/mol. The quantitative estimate of drug-likeness (QED) is 0.327. The second-order valence-corrected chi connectivity index (χ2v) is 9.65. The van der Waals surface area contributed by atoms with Gasteiger partial charge in [-0.2, -0.15) is 10.2 Å². The zero-order chi connectivity index (χ0) is 27.2. The van der Waals surface area contributed by atoms with Gasteiger partial charge in [-0.3, -0.25) is 0 Å². The summed E-state index contributed by atoms with van der Waals surface area (Å²) in [7, 11) is 4.06. The second-order valence-electron chi connectivity index (χ2n) is 9.65. The van der Waals surface area contributed by atoms with Crippen LogP contribution >= 0.6 is 0 Å². The molecule has 0 N–H and O–H groups in total. The summed E-state index contributed by atoms with van der Waals surface area (Å²) in [5.41, 5.74) is 4.15. The van der Waals surface area contributed by atoms with Crippen LogP contribution in [0.15, 0.2) is 83.3 Å². The molecule has 0 saturated carbocycles. The summed E-state index contributed by atoms with van der Waals surface area (Å²) in [6.45, 7) is 9.14. The van der Waals surface area contributed by atoms with Crippen molar-refractivity contribution in [3.05, 3.63) is 95.6 Å². The van der Waals surface area contributed by atoms with E-state index in [-0.39, 0.29) is 18.7 Å². The Morgan fingerprint density at radius 1 is 1.05 bits per heavy atom. The molecule has 0 saturated heterocycles. The average Bonchev–Trinajstić information content (AvgIpc) is 3.61. The number of alkyl halides is 2. The molecule has 0 unspecified atom stereocenters. The molecule has 0 bridgehead atoms. The zero-order valence-electron chi connectivity index (χ0n) is 22.2. The first-order valence-corrected chi connectivity index (χ1v) is 12.8. The Morgan fingerprint density at radius 2 is 1.87 bits per heavy atom.